The van der Waals surface area contributed by atoms with Crippen molar-refractivity contribution in [2.24, 2.45) is 11.1 Å². The fourth-order valence-electron chi connectivity index (χ4n) is 1.97. The number of aromatic nitrogens is 1. The Labute approximate surface area is 104 Å². The van der Waals surface area contributed by atoms with Crippen molar-refractivity contribution in [3.8, 4) is 0 Å². The van der Waals surface area contributed by atoms with Crippen LogP contribution in [0.2, 0.25) is 0 Å². The zero-order valence-electron chi connectivity index (χ0n) is 9.41. The molecule has 8 heteroatoms. The van der Waals surface area contributed by atoms with E-state index in [4.69, 9.17) is 5.14 Å². The van der Waals surface area contributed by atoms with Gasteiger partial charge in [-0.3, -0.25) is 9.69 Å². The molecule has 1 unspecified atom stereocenters. The Kier molecular flexibility index (Phi) is 3.31. The molecule has 0 aliphatic carbocycles. The highest BCUT2D eigenvalue weighted by atomic mass is 32.2. The van der Waals surface area contributed by atoms with Crippen LogP contribution in [-0.2, 0) is 14.8 Å². The number of rotatable bonds is 3. The first-order chi connectivity index (χ1) is 8.35. The molecule has 6 nitrogen and oxygen atoms in total. The van der Waals surface area contributed by atoms with Crippen molar-refractivity contribution in [1.82, 2.24) is 4.98 Å². The second-order valence-electron chi connectivity index (χ2n) is 4.24. The van der Waals surface area contributed by atoms with Crippen LogP contribution in [0.1, 0.15) is 6.42 Å². The number of anilines is 1. The Balaban J connectivity index is 2.12. The highest BCUT2D eigenvalue weighted by molar-refractivity contribution is 7.89. The zero-order valence-corrected chi connectivity index (χ0v) is 10.2. The maximum Gasteiger partial charge on any atom is 0.228 e. The molecule has 0 radical (unpaired) electrons. The molecule has 0 saturated carbocycles. The number of halogens is 1. The summed E-state index contributed by atoms with van der Waals surface area (Å²) in [7, 11) is -3.60. The van der Waals surface area contributed by atoms with Crippen LogP contribution < -0.4 is 10.0 Å². The molecule has 1 atom stereocenters. The van der Waals surface area contributed by atoms with Crippen LogP contribution in [0, 0.1) is 11.7 Å². The molecule has 0 bridgehead atoms. The van der Waals surface area contributed by atoms with Crippen molar-refractivity contribution in [2.75, 3.05) is 17.2 Å². The second-order valence-corrected chi connectivity index (χ2v) is 5.90. The van der Waals surface area contributed by atoms with Crippen LogP contribution in [0.5, 0.6) is 0 Å². The van der Waals surface area contributed by atoms with Crippen molar-refractivity contribution in [3.05, 3.63) is 24.1 Å². The number of nitrogens with two attached hydrogens (primary N) is 1. The van der Waals surface area contributed by atoms with Crippen molar-refractivity contribution >= 4 is 21.7 Å². The second kappa shape index (κ2) is 4.62. The molecular formula is C10H12FN3O3S. The summed E-state index contributed by atoms with van der Waals surface area (Å²) in [5, 5.41) is 4.94. The molecule has 1 aliphatic heterocycles. The summed E-state index contributed by atoms with van der Waals surface area (Å²) < 4.78 is 34.6. The lowest BCUT2D eigenvalue weighted by Gasteiger charge is -2.15. The van der Waals surface area contributed by atoms with E-state index >= 15 is 0 Å². The quantitative estimate of drug-likeness (QED) is 0.829. The van der Waals surface area contributed by atoms with Gasteiger partial charge in [0.1, 0.15) is 11.6 Å². The summed E-state index contributed by atoms with van der Waals surface area (Å²) in [6.07, 6.45) is 1.12. The Hall–Kier alpha value is -1.54. The SMILES string of the molecule is NS(=O)(=O)CC1CC(=O)N(c2ccc(F)cn2)C1. The molecule has 1 fully saturated rings. The molecule has 1 aromatic heterocycles. The molecule has 98 valence electrons. The fourth-order valence-corrected chi connectivity index (χ4v) is 2.85. The van der Waals surface area contributed by atoms with Gasteiger partial charge in [-0.05, 0) is 12.1 Å². The van der Waals surface area contributed by atoms with E-state index in [2.05, 4.69) is 4.98 Å². The Morgan fingerprint density at radius 1 is 1.50 bits per heavy atom. The van der Waals surface area contributed by atoms with E-state index in [9.17, 15) is 17.6 Å². The number of carbonyl (C=O) groups is 1. The lowest BCUT2D eigenvalue weighted by Crippen LogP contribution is -2.28. The molecular weight excluding hydrogens is 261 g/mol. The van der Waals surface area contributed by atoms with Crippen LogP contribution in [0.15, 0.2) is 18.3 Å². The first-order valence-corrected chi connectivity index (χ1v) is 6.99. The van der Waals surface area contributed by atoms with E-state index in [1.165, 1.54) is 17.0 Å². The number of hydrogen-bond donors (Lipinski definition) is 1. The van der Waals surface area contributed by atoms with Gasteiger partial charge in [-0.25, -0.2) is 22.9 Å². The predicted molar refractivity (Wildman–Crippen MR) is 62.6 cm³/mol. The topological polar surface area (TPSA) is 93.4 Å². The van der Waals surface area contributed by atoms with Gasteiger partial charge in [0.25, 0.3) is 0 Å². The number of carbonyl (C=O) groups excluding carboxylic acids is 1. The van der Waals surface area contributed by atoms with Crippen molar-refractivity contribution in [2.45, 2.75) is 6.42 Å². The van der Waals surface area contributed by atoms with Crippen LogP contribution in [-0.4, -0.2) is 31.6 Å². The summed E-state index contributed by atoms with van der Waals surface area (Å²) in [6.45, 7) is 0.230. The van der Waals surface area contributed by atoms with Gasteiger partial charge >= 0.3 is 0 Å². The Morgan fingerprint density at radius 2 is 2.22 bits per heavy atom. The maximum atomic E-state index is 12.7. The maximum absolute atomic E-state index is 12.7. The van der Waals surface area contributed by atoms with Gasteiger partial charge in [0.15, 0.2) is 0 Å². The molecule has 0 spiro atoms. The molecule has 2 heterocycles. The molecule has 1 aromatic rings. The number of sulfonamides is 1. The average molecular weight is 273 g/mol. The highest BCUT2D eigenvalue weighted by Crippen LogP contribution is 2.23. The van der Waals surface area contributed by atoms with E-state index in [1.807, 2.05) is 0 Å². The number of amides is 1. The minimum atomic E-state index is -3.60. The first-order valence-electron chi connectivity index (χ1n) is 5.27. The van der Waals surface area contributed by atoms with E-state index in [1.54, 1.807) is 0 Å². The lowest BCUT2D eigenvalue weighted by atomic mass is 10.1. The molecule has 2 rings (SSSR count). The summed E-state index contributed by atoms with van der Waals surface area (Å²) in [5.74, 6) is -0.997. The molecule has 0 aromatic carbocycles. The smallest absolute Gasteiger partial charge is 0.228 e. The van der Waals surface area contributed by atoms with Gasteiger partial charge in [0.2, 0.25) is 15.9 Å². The third-order valence-corrected chi connectivity index (χ3v) is 3.60. The summed E-state index contributed by atoms with van der Waals surface area (Å²) >= 11 is 0. The predicted octanol–water partition coefficient (Wildman–Crippen LogP) is -0.138. The molecule has 1 aliphatic rings. The largest absolute Gasteiger partial charge is 0.296 e. The van der Waals surface area contributed by atoms with E-state index < -0.39 is 15.8 Å². The number of primary sulfonamides is 1. The van der Waals surface area contributed by atoms with Crippen molar-refractivity contribution < 1.29 is 17.6 Å². The van der Waals surface area contributed by atoms with Crippen molar-refractivity contribution in [3.63, 3.8) is 0 Å². The monoisotopic (exact) mass is 273 g/mol. The number of pyridine rings is 1. The van der Waals surface area contributed by atoms with Crippen LogP contribution in [0.25, 0.3) is 0 Å². The van der Waals surface area contributed by atoms with E-state index in [-0.39, 0.29) is 30.5 Å². The van der Waals surface area contributed by atoms with E-state index in [0.29, 0.717) is 5.82 Å². The fraction of sp³-hybridized carbons (Fsp3) is 0.400. The van der Waals surface area contributed by atoms with Gasteiger partial charge in [-0.1, -0.05) is 0 Å². The van der Waals surface area contributed by atoms with Gasteiger partial charge in [0.05, 0.1) is 11.9 Å². The van der Waals surface area contributed by atoms with Crippen LogP contribution in [0.4, 0.5) is 10.2 Å². The van der Waals surface area contributed by atoms with E-state index in [0.717, 1.165) is 6.20 Å². The molecule has 18 heavy (non-hydrogen) atoms. The Morgan fingerprint density at radius 3 is 2.78 bits per heavy atom. The van der Waals surface area contributed by atoms with Gasteiger partial charge in [-0.15, -0.1) is 0 Å². The summed E-state index contributed by atoms with van der Waals surface area (Å²) in [4.78, 5) is 16.8. The molecule has 1 amide bonds. The third-order valence-electron chi connectivity index (χ3n) is 2.66. The Bertz CT molecular complexity index is 558. The zero-order chi connectivity index (χ0) is 13.3. The van der Waals surface area contributed by atoms with Gasteiger partial charge in [0, 0.05) is 18.9 Å². The normalized spacial score (nSPS) is 20.4. The lowest BCUT2D eigenvalue weighted by molar-refractivity contribution is -0.117. The van der Waals surface area contributed by atoms with Crippen molar-refractivity contribution in [1.29, 1.82) is 0 Å². The highest BCUT2D eigenvalue weighted by Gasteiger charge is 2.33. The molecule has 1 saturated heterocycles. The first kappa shape index (κ1) is 12.9. The van der Waals surface area contributed by atoms with Crippen LogP contribution >= 0.6 is 0 Å². The number of hydrogen-bond acceptors (Lipinski definition) is 4. The molecule has 2 N–H and O–H groups in total. The average Bonchev–Trinajstić information content (AvgIpc) is 2.58. The number of nitrogens with zero attached hydrogens (tertiary/aromatic N) is 2. The van der Waals surface area contributed by atoms with Gasteiger partial charge in [-0.2, -0.15) is 0 Å². The van der Waals surface area contributed by atoms with Gasteiger partial charge < -0.3 is 0 Å². The minimum absolute atomic E-state index is 0.107. The summed E-state index contributed by atoms with van der Waals surface area (Å²) in [6, 6.07) is 2.58. The third kappa shape index (κ3) is 3.02. The standard InChI is InChI=1S/C10H12FN3O3S/c11-8-1-2-9(13-4-8)14-5-7(3-10(14)15)6-18(12,16)17/h1-2,4,7H,3,5-6H2,(H2,12,16,17). The summed E-state index contributed by atoms with van der Waals surface area (Å²) in [5.41, 5.74) is 0. The minimum Gasteiger partial charge on any atom is -0.296 e. The van der Waals surface area contributed by atoms with Crippen LogP contribution in [0.3, 0.4) is 0 Å².